The highest BCUT2D eigenvalue weighted by atomic mass is 16.5. The quantitative estimate of drug-likeness (QED) is 0.845. The zero-order valence-corrected chi connectivity index (χ0v) is 10.5. The molecule has 0 bridgehead atoms. The van der Waals surface area contributed by atoms with Gasteiger partial charge < -0.3 is 9.84 Å². The van der Waals surface area contributed by atoms with Crippen LogP contribution in [-0.4, -0.2) is 34.7 Å². The molecule has 0 amide bonds. The summed E-state index contributed by atoms with van der Waals surface area (Å²) in [6, 6.07) is 12.0. The minimum Gasteiger partial charge on any atom is -0.391 e. The SMILES string of the molecule is COCC(O)CCc1ccn(-c2ccccc2)n1. The van der Waals surface area contributed by atoms with Gasteiger partial charge in [0.15, 0.2) is 0 Å². The van der Waals surface area contributed by atoms with Crippen molar-refractivity contribution in [1.29, 1.82) is 0 Å². The molecule has 1 atom stereocenters. The molecular weight excluding hydrogens is 228 g/mol. The van der Waals surface area contributed by atoms with Crippen molar-refractivity contribution in [2.24, 2.45) is 0 Å². The zero-order chi connectivity index (χ0) is 12.8. The number of benzene rings is 1. The minimum absolute atomic E-state index is 0.374. The van der Waals surface area contributed by atoms with Gasteiger partial charge in [0.25, 0.3) is 0 Å². The number of aliphatic hydroxyl groups excluding tert-OH is 1. The number of para-hydroxylation sites is 1. The number of nitrogens with zero attached hydrogens (tertiary/aromatic N) is 2. The van der Waals surface area contributed by atoms with Crippen LogP contribution >= 0.6 is 0 Å². The van der Waals surface area contributed by atoms with Crippen LogP contribution in [0.4, 0.5) is 0 Å². The molecule has 0 aliphatic carbocycles. The summed E-state index contributed by atoms with van der Waals surface area (Å²) in [5, 5.41) is 14.1. The molecule has 1 N–H and O–H groups in total. The van der Waals surface area contributed by atoms with E-state index >= 15 is 0 Å². The Balaban J connectivity index is 1.95. The first-order chi connectivity index (χ1) is 8.79. The highest BCUT2D eigenvalue weighted by Crippen LogP contribution is 2.09. The fraction of sp³-hybridized carbons (Fsp3) is 0.357. The van der Waals surface area contributed by atoms with Crippen LogP contribution in [0.2, 0.25) is 0 Å². The Bertz CT molecular complexity index is 468. The largest absolute Gasteiger partial charge is 0.391 e. The van der Waals surface area contributed by atoms with Gasteiger partial charge in [0.2, 0.25) is 0 Å². The minimum atomic E-state index is -0.420. The van der Waals surface area contributed by atoms with Gasteiger partial charge in [-0.25, -0.2) is 4.68 Å². The van der Waals surface area contributed by atoms with Crippen molar-refractivity contribution in [2.75, 3.05) is 13.7 Å². The van der Waals surface area contributed by atoms with Gasteiger partial charge in [0, 0.05) is 13.3 Å². The lowest BCUT2D eigenvalue weighted by atomic mass is 10.2. The first kappa shape index (κ1) is 12.8. The second-order valence-corrected chi connectivity index (χ2v) is 4.24. The molecule has 18 heavy (non-hydrogen) atoms. The average molecular weight is 246 g/mol. The standard InChI is InChI=1S/C14H18N2O2/c1-18-11-14(17)8-7-12-9-10-16(15-12)13-5-3-2-4-6-13/h2-6,9-10,14,17H,7-8,11H2,1H3. The lowest BCUT2D eigenvalue weighted by Crippen LogP contribution is -2.14. The summed E-state index contributed by atoms with van der Waals surface area (Å²) < 4.78 is 6.74. The van der Waals surface area contributed by atoms with E-state index in [0.717, 1.165) is 17.8 Å². The van der Waals surface area contributed by atoms with Gasteiger partial charge in [-0.05, 0) is 31.0 Å². The molecule has 0 saturated carbocycles. The smallest absolute Gasteiger partial charge is 0.0777 e. The molecular formula is C14H18N2O2. The average Bonchev–Trinajstić information content (AvgIpc) is 2.87. The Hall–Kier alpha value is -1.65. The van der Waals surface area contributed by atoms with E-state index in [-0.39, 0.29) is 0 Å². The number of aryl methyl sites for hydroxylation is 1. The van der Waals surface area contributed by atoms with Crippen molar-refractivity contribution in [1.82, 2.24) is 9.78 Å². The van der Waals surface area contributed by atoms with Crippen molar-refractivity contribution >= 4 is 0 Å². The Morgan fingerprint density at radius 3 is 2.78 bits per heavy atom. The van der Waals surface area contributed by atoms with Gasteiger partial charge >= 0.3 is 0 Å². The van der Waals surface area contributed by atoms with E-state index in [1.807, 2.05) is 47.3 Å². The molecule has 0 aliphatic heterocycles. The van der Waals surface area contributed by atoms with Crippen LogP contribution in [0.3, 0.4) is 0 Å². The fourth-order valence-electron chi connectivity index (χ4n) is 1.81. The molecule has 0 spiro atoms. The molecule has 0 saturated heterocycles. The van der Waals surface area contributed by atoms with Crippen LogP contribution in [0, 0.1) is 0 Å². The Labute approximate surface area is 107 Å². The number of ether oxygens (including phenoxy) is 1. The Morgan fingerprint density at radius 1 is 1.28 bits per heavy atom. The van der Waals surface area contributed by atoms with Gasteiger partial charge in [0.1, 0.15) is 0 Å². The van der Waals surface area contributed by atoms with Crippen molar-refractivity contribution in [2.45, 2.75) is 18.9 Å². The maximum absolute atomic E-state index is 9.57. The predicted molar refractivity (Wildman–Crippen MR) is 69.8 cm³/mol. The van der Waals surface area contributed by atoms with E-state index in [1.165, 1.54) is 0 Å². The van der Waals surface area contributed by atoms with Gasteiger partial charge in [-0.1, -0.05) is 18.2 Å². The van der Waals surface area contributed by atoms with Gasteiger partial charge in [0.05, 0.1) is 24.1 Å². The van der Waals surface area contributed by atoms with Crippen LogP contribution in [-0.2, 0) is 11.2 Å². The van der Waals surface area contributed by atoms with Gasteiger partial charge in [-0.15, -0.1) is 0 Å². The topological polar surface area (TPSA) is 47.3 Å². The number of methoxy groups -OCH3 is 1. The molecule has 96 valence electrons. The first-order valence-corrected chi connectivity index (χ1v) is 6.06. The summed E-state index contributed by atoms with van der Waals surface area (Å²) >= 11 is 0. The van der Waals surface area contributed by atoms with Crippen molar-refractivity contribution in [3.8, 4) is 5.69 Å². The molecule has 2 rings (SSSR count). The van der Waals surface area contributed by atoms with Crippen molar-refractivity contribution < 1.29 is 9.84 Å². The molecule has 1 aromatic carbocycles. The summed E-state index contributed by atoms with van der Waals surface area (Å²) in [4.78, 5) is 0. The second-order valence-electron chi connectivity index (χ2n) is 4.24. The molecule has 1 heterocycles. The summed E-state index contributed by atoms with van der Waals surface area (Å²) in [5.41, 5.74) is 2.02. The summed E-state index contributed by atoms with van der Waals surface area (Å²) in [6.07, 6.45) is 2.94. The van der Waals surface area contributed by atoms with E-state index in [2.05, 4.69) is 5.10 Å². The third-order valence-corrected chi connectivity index (χ3v) is 2.76. The lowest BCUT2D eigenvalue weighted by molar-refractivity contribution is 0.0593. The zero-order valence-electron chi connectivity index (χ0n) is 10.5. The van der Waals surface area contributed by atoms with E-state index in [9.17, 15) is 5.11 Å². The van der Waals surface area contributed by atoms with E-state index in [0.29, 0.717) is 13.0 Å². The molecule has 0 radical (unpaired) electrons. The van der Waals surface area contributed by atoms with Crippen LogP contribution in [0.1, 0.15) is 12.1 Å². The van der Waals surface area contributed by atoms with E-state index < -0.39 is 6.10 Å². The lowest BCUT2D eigenvalue weighted by Gasteiger charge is -2.07. The monoisotopic (exact) mass is 246 g/mol. The molecule has 4 heteroatoms. The number of hydrogen-bond acceptors (Lipinski definition) is 3. The number of rotatable bonds is 6. The molecule has 0 fully saturated rings. The van der Waals surface area contributed by atoms with Crippen molar-refractivity contribution in [3.63, 3.8) is 0 Å². The summed E-state index contributed by atoms with van der Waals surface area (Å²) in [7, 11) is 1.59. The first-order valence-electron chi connectivity index (χ1n) is 6.06. The maximum Gasteiger partial charge on any atom is 0.0777 e. The van der Waals surface area contributed by atoms with E-state index in [4.69, 9.17) is 4.74 Å². The highest BCUT2D eigenvalue weighted by Gasteiger charge is 2.06. The van der Waals surface area contributed by atoms with Crippen LogP contribution in [0.15, 0.2) is 42.6 Å². The molecule has 0 aliphatic rings. The summed E-state index contributed by atoms with van der Waals surface area (Å²) in [5.74, 6) is 0. The highest BCUT2D eigenvalue weighted by molar-refractivity contribution is 5.30. The molecule has 4 nitrogen and oxygen atoms in total. The number of hydrogen-bond donors (Lipinski definition) is 1. The van der Waals surface area contributed by atoms with Gasteiger partial charge in [-0.3, -0.25) is 0 Å². The van der Waals surface area contributed by atoms with Crippen LogP contribution in [0.5, 0.6) is 0 Å². The molecule has 1 aromatic heterocycles. The Morgan fingerprint density at radius 2 is 2.06 bits per heavy atom. The maximum atomic E-state index is 9.57. The van der Waals surface area contributed by atoms with Crippen LogP contribution in [0.25, 0.3) is 5.69 Å². The van der Waals surface area contributed by atoms with Crippen molar-refractivity contribution in [3.05, 3.63) is 48.3 Å². The van der Waals surface area contributed by atoms with Crippen LogP contribution < -0.4 is 0 Å². The summed E-state index contributed by atoms with van der Waals surface area (Å²) in [6.45, 7) is 0.374. The number of aliphatic hydroxyl groups is 1. The van der Waals surface area contributed by atoms with Gasteiger partial charge in [-0.2, -0.15) is 5.10 Å². The third kappa shape index (κ3) is 3.42. The fourth-order valence-corrected chi connectivity index (χ4v) is 1.81. The predicted octanol–water partition coefficient (Wildman–Crippen LogP) is 1.81. The molecule has 2 aromatic rings. The van der Waals surface area contributed by atoms with E-state index in [1.54, 1.807) is 7.11 Å². The Kier molecular flexibility index (Phi) is 4.50. The number of aromatic nitrogens is 2. The normalized spacial score (nSPS) is 12.6. The third-order valence-electron chi connectivity index (χ3n) is 2.76. The second kappa shape index (κ2) is 6.33. The molecule has 1 unspecified atom stereocenters.